The first kappa shape index (κ1) is 13.9. The zero-order valence-corrected chi connectivity index (χ0v) is 12.2. The van der Waals surface area contributed by atoms with Crippen LogP contribution in [0.4, 0.5) is 10.1 Å². The van der Waals surface area contributed by atoms with Crippen LogP contribution in [0.3, 0.4) is 0 Å². The maximum Gasteiger partial charge on any atom is 0.229 e. The summed E-state index contributed by atoms with van der Waals surface area (Å²) >= 11 is 6.40. The number of carbonyl (C=O) groups is 1. The second-order valence-corrected chi connectivity index (χ2v) is 6.08. The lowest BCUT2D eigenvalue weighted by molar-refractivity contribution is -0.115. The second-order valence-electron chi connectivity index (χ2n) is 4.30. The molecule has 0 saturated carbocycles. The molecule has 0 fully saturated rings. The van der Waals surface area contributed by atoms with E-state index < -0.39 is 0 Å². The van der Waals surface area contributed by atoms with Crippen LogP contribution in [0.15, 0.2) is 18.2 Å². The number of hydrogen-bond acceptors (Lipinski definition) is 3. The predicted molar refractivity (Wildman–Crippen MR) is 77.7 cm³/mol. The minimum Gasteiger partial charge on any atom is -0.341 e. The van der Waals surface area contributed by atoms with Gasteiger partial charge in [-0.05, 0) is 49.8 Å². The van der Waals surface area contributed by atoms with Crippen molar-refractivity contribution in [1.82, 2.24) is 4.98 Å². The Kier molecular flexibility index (Phi) is 4.11. The molecule has 1 aromatic heterocycles. The molecular formula is C13H13FN2OS2. The minimum absolute atomic E-state index is 0.182. The molecule has 0 spiro atoms. The Morgan fingerprint density at radius 1 is 1.42 bits per heavy atom. The number of aromatic nitrogens is 1. The smallest absolute Gasteiger partial charge is 0.229 e. The molecule has 100 valence electrons. The van der Waals surface area contributed by atoms with Crippen LogP contribution >= 0.6 is 23.6 Å². The number of H-pyrrole nitrogens is 1. The third-order valence-electron chi connectivity index (χ3n) is 2.57. The molecule has 0 saturated heterocycles. The van der Waals surface area contributed by atoms with Gasteiger partial charge in [0.05, 0.1) is 6.42 Å². The summed E-state index contributed by atoms with van der Waals surface area (Å²) in [7, 11) is 0. The standard InChI is InChI=1S/C13H13FN2OS2/c1-7-3-9(14)5-10(4-7)16-12(17)6-11-8(2)15-13(18)19-11/h3-5H,6H2,1-2H3,(H,15,18)(H,16,17). The first-order chi connectivity index (χ1) is 8.94. The van der Waals surface area contributed by atoms with Gasteiger partial charge in [-0.15, -0.1) is 11.3 Å². The van der Waals surface area contributed by atoms with Gasteiger partial charge in [0.2, 0.25) is 5.91 Å². The zero-order valence-electron chi connectivity index (χ0n) is 10.5. The Morgan fingerprint density at radius 2 is 2.16 bits per heavy atom. The van der Waals surface area contributed by atoms with Gasteiger partial charge in [0.15, 0.2) is 3.95 Å². The van der Waals surface area contributed by atoms with Gasteiger partial charge in [0.1, 0.15) is 5.82 Å². The molecule has 0 radical (unpaired) electrons. The molecule has 1 amide bonds. The summed E-state index contributed by atoms with van der Waals surface area (Å²) in [6.45, 7) is 3.65. The molecule has 19 heavy (non-hydrogen) atoms. The van der Waals surface area contributed by atoms with E-state index in [1.54, 1.807) is 13.0 Å². The summed E-state index contributed by atoms with van der Waals surface area (Å²) in [6, 6.07) is 4.45. The highest BCUT2D eigenvalue weighted by molar-refractivity contribution is 7.73. The normalized spacial score (nSPS) is 10.5. The molecule has 0 aliphatic heterocycles. The number of halogens is 1. The van der Waals surface area contributed by atoms with Crippen molar-refractivity contribution in [1.29, 1.82) is 0 Å². The van der Waals surface area contributed by atoms with Gasteiger partial charge in [-0.3, -0.25) is 4.79 Å². The van der Waals surface area contributed by atoms with Crippen molar-refractivity contribution < 1.29 is 9.18 Å². The number of anilines is 1. The fraction of sp³-hybridized carbons (Fsp3) is 0.231. The largest absolute Gasteiger partial charge is 0.341 e. The van der Waals surface area contributed by atoms with Gasteiger partial charge in [-0.2, -0.15) is 0 Å². The van der Waals surface area contributed by atoms with Crippen LogP contribution < -0.4 is 5.32 Å². The second kappa shape index (κ2) is 5.63. The van der Waals surface area contributed by atoms with Crippen molar-refractivity contribution in [2.75, 3.05) is 5.32 Å². The quantitative estimate of drug-likeness (QED) is 0.847. The van der Waals surface area contributed by atoms with E-state index in [0.717, 1.165) is 16.1 Å². The lowest BCUT2D eigenvalue weighted by atomic mass is 10.2. The highest BCUT2D eigenvalue weighted by atomic mass is 32.1. The molecule has 1 aromatic carbocycles. The molecule has 6 heteroatoms. The van der Waals surface area contributed by atoms with Crippen LogP contribution in [-0.4, -0.2) is 10.9 Å². The lowest BCUT2D eigenvalue weighted by Gasteiger charge is -2.06. The third-order valence-corrected chi connectivity index (χ3v) is 3.91. The summed E-state index contributed by atoms with van der Waals surface area (Å²) < 4.78 is 13.9. The molecule has 0 aliphatic rings. The fourth-order valence-electron chi connectivity index (χ4n) is 1.76. The molecule has 2 rings (SSSR count). The Labute approximate surface area is 119 Å². The average Bonchev–Trinajstić information content (AvgIpc) is 2.55. The maximum atomic E-state index is 13.2. The molecule has 3 nitrogen and oxygen atoms in total. The molecule has 0 unspecified atom stereocenters. The maximum absolute atomic E-state index is 13.2. The van der Waals surface area contributed by atoms with E-state index in [0.29, 0.717) is 9.64 Å². The van der Waals surface area contributed by atoms with Crippen LogP contribution in [-0.2, 0) is 11.2 Å². The van der Waals surface area contributed by atoms with Crippen LogP contribution in [0.1, 0.15) is 16.1 Å². The number of amides is 1. The van der Waals surface area contributed by atoms with Gasteiger partial charge in [0, 0.05) is 16.3 Å². The van der Waals surface area contributed by atoms with Crippen molar-refractivity contribution in [3.8, 4) is 0 Å². The fourth-order valence-corrected chi connectivity index (χ4v) is 3.06. The van der Waals surface area contributed by atoms with E-state index in [9.17, 15) is 9.18 Å². The van der Waals surface area contributed by atoms with Gasteiger partial charge in [0.25, 0.3) is 0 Å². The molecule has 0 bridgehead atoms. The van der Waals surface area contributed by atoms with Gasteiger partial charge in [-0.1, -0.05) is 0 Å². The number of carbonyl (C=O) groups excluding carboxylic acids is 1. The lowest BCUT2D eigenvalue weighted by Crippen LogP contribution is -2.14. The van der Waals surface area contributed by atoms with E-state index in [1.165, 1.54) is 23.5 Å². The number of hydrogen-bond donors (Lipinski definition) is 2. The Morgan fingerprint density at radius 3 is 2.74 bits per heavy atom. The van der Waals surface area contributed by atoms with E-state index in [4.69, 9.17) is 12.2 Å². The topological polar surface area (TPSA) is 44.9 Å². The SMILES string of the molecule is Cc1cc(F)cc(NC(=O)Cc2sc(=S)[nH]c2C)c1. The van der Waals surface area contributed by atoms with Crippen LogP contribution in [0, 0.1) is 23.6 Å². The molecule has 1 heterocycles. The molecule has 0 atom stereocenters. The Hall–Kier alpha value is -1.53. The van der Waals surface area contributed by atoms with Gasteiger partial charge in [-0.25, -0.2) is 4.39 Å². The van der Waals surface area contributed by atoms with Crippen LogP contribution in [0.25, 0.3) is 0 Å². The predicted octanol–water partition coefficient (Wildman–Crippen LogP) is 3.74. The zero-order chi connectivity index (χ0) is 14.0. The number of thiazole rings is 1. The summed E-state index contributed by atoms with van der Waals surface area (Å²) in [5.74, 6) is -0.540. The first-order valence-electron chi connectivity index (χ1n) is 5.69. The number of aryl methyl sites for hydroxylation is 2. The number of rotatable bonds is 3. The molecule has 2 N–H and O–H groups in total. The molecule has 2 aromatic rings. The van der Waals surface area contributed by atoms with Crippen molar-refractivity contribution >= 4 is 35.1 Å². The van der Waals surface area contributed by atoms with Crippen molar-refractivity contribution in [2.45, 2.75) is 20.3 Å². The van der Waals surface area contributed by atoms with Crippen LogP contribution in [0.5, 0.6) is 0 Å². The van der Waals surface area contributed by atoms with Crippen molar-refractivity contribution in [3.05, 3.63) is 44.1 Å². The summed E-state index contributed by atoms with van der Waals surface area (Å²) in [6.07, 6.45) is 0.235. The van der Waals surface area contributed by atoms with Crippen LogP contribution in [0.2, 0.25) is 0 Å². The molecular weight excluding hydrogens is 283 g/mol. The number of benzene rings is 1. The highest BCUT2D eigenvalue weighted by Gasteiger charge is 2.09. The Balaban J connectivity index is 2.09. The summed E-state index contributed by atoms with van der Waals surface area (Å²) in [5, 5.41) is 2.69. The molecule has 0 aliphatic carbocycles. The van der Waals surface area contributed by atoms with E-state index in [1.807, 2.05) is 6.92 Å². The average molecular weight is 296 g/mol. The van der Waals surface area contributed by atoms with Crippen molar-refractivity contribution in [3.63, 3.8) is 0 Å². The van der Waals surface area contributed by atoms with E-state index >= 15 is 0 Å². The number of nitrogens with one attached hydrogen (secondary N) is 2. The highest BCUT2D eigenvalue weighted by Crippen LogP contribution is 2.17. The first-order valence-corrected chi connectivity index (χ1v) is 6.92. The summed E-state index contributed by atoms with van der Waals surface area (Å²) in [4.78, 5) is 15.8. The monoisotopic (exact) mass is 296 g/mol. The third kappa shape index (κ3) is 3.71. The number of aromatic amines is 1. The van der Waals surface area contributed by atoms with Gasteiger partial charge >= 0.3 is 0 Å². The van der Waals surface area contributed by atoms with Gasteiger partial charge < -0.3 is 10.3 Å². The minimum atomic E-state index is -0.358. The van der Waals surface area contributed by atoms with E-state index in [2.05, 4.69) is 10.3 Å². The van der Waals surface area contributed by atoms with E-state index in [-0.39, 0.29) is 18.1 Å². The van der Waals surface area contributed by atoms with Crippen molar-refractivity contribution in [2.24, 2.45) is 0 Å². The summed E-state index contributed by atoms with van der Waals surface area (Å²) in [5.41, 5.74) is 2.14. The Bertz CT molecular complexity index is 655.